The van der Waals surface area contributed by atoms with Gasteiger partial charge >= 0.3 is 0 Å². The fourth-order valence-electron chi connectivity index (χ4n) is 4.01. The van der Waals surface area contributed by atoms with Crippen molar-refractivity contribution in [3.8, 4) is 11.8 Å². The first-order chi connectivity index (χ1) is 16.7. The molecule has 0 aliphatic carbocycles. The summed E-state index contributed by atoms with van der Waals surface area (Å²) in [7, 11) is 3.22. The highest BCUT2D eigenvalue weighted by Gasteiger charge is 2.31. The zero-order valence-electron chi connectivity index (χ0n) is 18.9. The number of benzene rings is 1. The molecule has 3 aromatic heterocycles. The quantitative estimate of drug-likeness (QED) is 0.416. The number of aromatic nitrogens is 5. The Morgan fingerprint density at radius 1 is 1.31 bits per heavy atom. The van der Waals surface area contributed by atoms with Gasteiger partial charge in [0.2, 0.25) is 5.75 Å². The lowest BCUT2D eigenvalue weighted by Gasteiger charge is -2.26. The van der Waals surface area contributed by atoms with Gasteiger partial charge in [-0.25, -0.2) is 4.98 Å². The Morgan fingerprint density at radius 2 is 2.09 bits per heavy atom. The molecule has 0 bridgehead atoms. The SMILES string of the molecule is C[C@@H](c1nc(C(=O)Nc2cnoc2)c(O)c(=O)n1C)[C@@H](c1cnn(C)c1)c1ccc(Cl)cc1C#N. The first kappa shape index (κ1) is 23.7. The number of anilines is 1. The lowest BCUT2D eigenvalue weighted by Crippen LogP contribution is -2.29. The molecule has 2 atom stereocenters. The van der Waals surface area contributed by atoms with Crippen molar-refractivity contribution in [1.29, 1.82) is 5.26 Å². The summed E-state index contributed by atoms with van der Waals surface area (Å²) in [4.78, 5) is 30.0. The molecule has 0 aliphatic rings. The highest BCUT2D eigenvalue weighted by molar-refractivity contribution is 6.30. The summed E-state index contributed by atoms with van der Waals surface area (Å²) in [6.45, 7) is 1.81. The number of carbonyl (C=O) groups excluding carboxylic acids is 1. The standard InChI is InChI=1S/C23H20ClN7O4/c1-12(18(14-8-26-30(2)10-14)17-5-4-15(24)6-13(17)7-25)21-29-19(20(32)23(34)31(21)3)22(33)28-16-9-27-35-11-16/h4-6,8-12,18,32H,1-3H3,(H,28,33)/t12-,18+/m1/s1. The van der Waals surface area contributed by atoms with Gasteiger partial charge in [-0.1, -0.05) is 29.7 Å². The van der Waals surface area contributed by atoms with Gasteiger partial charge in [0, 0.05) is 37.2 Å². The summed E-state index contributed by atoms with van der Waals surface area (Å²) < 4.78 is 7.50. The summed E-state index contributed by atoms with van der Waals surface area (Å²) in [5.74, 6) is -2.39. The maximum atomic E-state index is 12.9. The topological polar surface area (TPSA) is 152 Å². The van der Waals surface area contributed by atoms with Gasteiger partial charge in [-0.15, -0.1) is 0 Å². The van der Waals surface area contributed by atoms with Crippen molar-refractivity contribution in [3.05, 3.63) is 86.6 Å². The van der Waals surface area contributed by atoms with Crippen LogP contribution in [-0.4, -0.2) is 35.5 Å². The Labute approximate surface area is 204 Å². The normalized spacial score (nSPS) is 12.7. The predicted molar refractivity (Wildman–Crippen MR) is 125 cm³/mol. The second-order valence-electron chi connectivity index (χ2n) is 7.96. The van der Waals surface area contributed by atoms with Crippen molar-refractivity contribution in [3.63, 3.8) is 0 Å². The molecule has 178 valence electrons. The Hall–Kier alpha value is -4.43. The molecule has 0 fully saturated rings. The smallest absolute Gasteiger partial charge is 0.296 e. The Morgan fingerprint density at radius 3 is 2.71 bits per heavy atom. The minimum atomic E-state index is -0.806. The summed E-state index contributed by atoms with van der Waals surface area (Å²) in [5, 5.41) is 30.8. The third-order valence-electron chi connectivity index (χ3n) is 5.67. The van der Waals surface area contributed by atoms with Crippen LogP contribution in [0.25, 0.3) is 0 Å². The average molecular weight is 494 g/mol. The van der Waals surface area contributed by atoms with Crippen LogP contribution < -0.4 is 10.9 Å². The van der Waals surface area contributed by atoms with E-state index in [1.807, 2.05) is 6.92 Å². The van der Waals surface area contributed by atoms with E-state index in [-0.39, 0.29) is 11.5 Å². The molecule has 0 radical (unpaired) electrons. The van der Waals surface area contributed by atoms with E-state index in [1.165, 1.54) is 24.1 Å². The number of nitrogens with one attached hydrogen (secondary N) is 1. The summed E-state index contributed by atoms with van der Waals surface area (Å²) in [5.41, 5.74) is 0.760. The fraction of sp³-hybridized carbons (Fsp3) is 0.217. The van der Waals surface area contributed by atoms with Crippen LogP contribution in [0.15, 0.2) is 52.4 Å². The van der Waals surface area contributed by atoms with Crippen LogP contribution in [0.1, 0.15) is 51.8 Å². The molecular formula is C23H20ClN7O4. The molecule has 11 nitrogen and oxygen atoms in total. The average Bonchev–Trinajstić information content (AvgIpc) is 3.50. The van der Waals surface area contributed by atoms with Crippen LogP contribution in [0.4, 0.5) is 5.69 Å². The van der Waals surface area contributed by atoms with E-state index in [2.05, 4.69) is 26.6 Å². The number of hydrogen-bond donors (Lipinski definition) is 2. The molecule has 0 saturated carbocycles. The maximum Gasteiger partial charge on any atom is 0.296 e. The Kier molecular flexibility index (Phi) is 6.40. The number of hydrogen-bond acceptors (Lipinski definition) is 8. The highest BCUT2D eigenvalue weighted by Crippen LogP contribution is 2.39. The van der Waals surface area contributed by atoms with Gasteiger partial charge in [-0.05, 0) is 23.3 Å². The van der Waals surface area contributed by atoms with Crippen molar-refractivity contribution < 1.29 is 14.4 Å². The number of amides is 1. The number of aryl methyl sites for hydroxylation is 1. The first-order valence-electron chi connectivity index (χ1n) is 10.4. The molecule has 1 amide bonds. The van der Waals surface area contributed by atoms with Gasteiger partial charge in [-0.2, -0.15) is 10.4 Å². The van der Waals surface area contributed by atoms with Gasteiger partial charge in [0.05, 0.1) is 24.0 Å². The highest BCUT2D eigenvalue weighted by atomic mass is 35.5. The summed E-state index contributed by atoms with van der Waals surface area (Å²) in [6.07, 6.45) is 5.92. The van der Waals surface area contributed by atoms with Crippen LogP contribution >= 0.6 is 11.6 Å². The molecule has 0 spiro atoms. The van der Waals surface area contributed by atoms with Crippen LogP contribution in [0.2, 0.25) is 5.02 Å². The molecule has 0 saturated heterocycles. The van der Waals surface area contributed by atoms with Crippen LogP contribution in [-0.2, 0) is 14.1 Å². The molecular weight excluding hydrogens is 474 g/mol. The van der Waals surface area contributed by atoms with Gasteiger partial charge < -0.3 is 14.9 Å². The Bertz CT molecular complexity index is 1500. The molecule has 3 heterocycles. The van der Waals surface area contributed by atoms with Crippen LogP contribution in [0, 0.1) is 11.3 Å². The molecule has 0 aliphatic heterocycles. The van der Waals surface area contributed by atoms with Gasteiger partial charge in [0.1, 0.15) is 17.8 Å². The number of halogens is 1. The second-order valence-corrected chi connectivity index (χ2v) is 8.39. The molecule has 4 rings (SSSR count). The third kappa shape index (κ3) is 4.51. The minimum absolute atomic E-state index is 0.218. The number of rotatable bonds is 6. The maximum absolute atomic E-state index is 12.9. The molecule has 12 heteroatoms. The minimum Gasteiger partial charge on any atom is -0.501 e. The molecule has 1 aromatic carbocycles. The molecule has 0 unspecified atom stereocenters. The van der Waals surface area contributed by atoms with Gasteiger partial charge in [-0.3, -0.25) is 18.8 Å². The zero-order valence-corrected chi connectivity index (χ0v) is 19.7. The van der Waals surface area contributed by atoms with Crippen molar-refractivity contribution >= 4 is 23.2 Å². The molecule has 4 aromatic rings. The fourth-order valence-corrected chi connectivity index (χ4v) is 4.19. The Balaban J connectivity index is 1.86. The van der Waals surface area contributed by atoms with Crippen molar-refractivity contribution in [2.45, 2.75) is 18.8 Å². The van der Waals surface area contributed by atoms with E-state index in [1.54, 1.807) is 42.3 Å². The van der Waals surface area contributed by atoms with Crippen molar-refractivity contribution in [1.82, 2.24) is 24.5 Å². The van der Waals surface area contributed by atoms with E-state index in [0.717, 1.165) is 5.56 Å². The van der Waals surface area contributed by atoms with Crippen molar-refractivity contribution in [2.75, 3.05) is 5.32 Å². The predicted octanol–water partition coefficient (Wildman–Crippen LogP) is 2.92. The van der Waals surface area contributed by atoms with E-state index in [4.69, 9.17) is 16.1 Å². The van der Waals surface area contributed by atoms with Crippen molar-refractivity contribution in [2.24, 2.45) is 14.1 Å². The van der Waals surface area contributed by atoms with Crippen LogP contribution in [0.5, 0.6) is 5.75 Å². The lowest BCUT2D eigenvalue weighted by atomic mass is 9.80. The van der Waals surface area contributed by atoms with Crippen LogP contribution in [0.3, 0.4) is 0 Å². The monoisotopic (exact) mass is 493 g/mol. The van der Waals surface area contributed by atoms with E-state index < -0.39 is 34.7 Å². The zero-order chi connectivity index (χ0) is 25.3. The van der Waals surface area contributed by atoms with Gasteiger partial charge in [0.25, 0.3) is 11.5 Å². The first-order valence-corrected chi connectivity index (χ1v) is 10.8. The molecule has 35 heavy (non-hydrogen) atoms. The van der Waals surface area contributed by atoms with E-state index >= 15 is 0 Å². The third-order valence-corrected chi connectivity index (χ3v) is 5.90. The number of aromatic hydroxyl groups is 1. The van der Waals surface area contributed by atoms with E-state index in [0.29, 0.717) is 16.1 Å². The second kappa shape index (κ2) is 9.44. The largest absolute Gasteiger partial charge is 0.501 e. The lowest BCUT2D eigenvalue weighted by molar-refractivity contribution is 0.101. The summed E-state index contributed by atoms with van der Waals surface area (Å²) in [6, 6.07) is 7.15. The van der Waals surface area contributed by atoms with E-state index in [9.17, 15) is 20.0 Å². The summed E-state index contributed by atoms with van der Waals surface area (Å²) >= 11 is 6.12. The van der Waals surface area contributed by atoms with Gasteiger partial charge in [0.15, 0.2) is 5.69 Å². The number of carbonyl (C=O) groups is 1. The number of nitriles is 1. The molecule has 2 N–H and O–H groups in total. The number of nitrogens with zero attached hydrogens (tertiary/aromatic N) is 6.